The van der Waals surface area contributed by atoms with Crippen LogP contribution in [-0.4, -0.2) is 14.7 Å². The van der Waals surface area contributed by atoms with E-state index in [1.807, 2.05) is 0 Å². The highest BCUT2D eigenvalue weighted by atomic mass is 35.5. The lowest BCUT2D eigenvalue weighted by molar-refractivity contribution is 0.354. The normalized spacial score (nSPS) is 11.5. The molecule has 0 spiro atoms. The molecule has 1 rings (SSSR count). The molecule has 0 atom stereocenters. The van der Waals surface area contributed by atoms with Crippen LogP contribution in [0.1, 0.15) is 0 Å². The third kappa shape index (κ3) is 1.89. The van der Waals surface area contributed by atoms with Gasteiger partial charge in [-0.2, -0.15) is 0 Å². The first-order valence-corrected chi connectivity index (χ1v) is 5.35. The first-order chi connectivity index (χ1) is 5.41. The monoisotopic (exact) mass is 205 g/mol. The smallest absolute Gasteiger partial charge is 0.180 e. The van der Waals surface area contributed by atoms with Crippen LogP contribution in [0.4, 0.5) is 0 Å². The van der Waals surface area contributed by atoms with E-state index >= 15 is 0 Å². The molecule has 1 aromatic rings. The van der Waals surface area contributed by atoms with Crippen LogP contribution in [0.15, 0.2) is 23.1 Å². The van der Waals surface area contributed by atoms with E-state index in [1.165, 1.54) is 12.1 Å². The van der Waals surface area contributed by atoms with Gasteiger partial charge in [0.2, 0.25) is 0 Å². The predicted octanol–water partition coefficient (Wildman–Crippen LogP) is 1.89. The molecule has 0 aliphatic heterocycles. The molecular formula is C7H6ClO3S. The van der Waals surface area contributed by atoms with Gasteiger partial charge >= 0.3 is 0 Å². The van der Waals surface area contributed by atoms with Crippen LogP contribution in [0.25, 0.3) is 0 Å². The lowest BCUT2D eigenvalue weighted by Gasteiger charge is -1.99. The zero-order valence-electron chi connectivity index (χ0n) is 6.24. The van der Waals surface area contributed by atoms with Crippen LogP contribution in [0, 0.1) is 0 Å². The summed E-state index contributed by atoms with van der Waals surface area (Å²) in [6.45, 7) is 0. The fourth-order valence-corrected chi connectivity index (χ4v) is 2.10. The second-order valence-electron chi connectivity index (χ2n) is 2.36. The van der Waals surface area contributed by atoms with E-state index in [2.05, 4.69) is 0 Å². The summed E-state index contributed by atoms with van der Waals surface area (Å²) in [7, 11) is -3.32. The van der Waals surface area contributed by atoms with Gasteiger partial charge in [0.1, 0.15) is 0 Å². The summed E-state index contributed by atoms with van der Waals surface area (Å²) in [4.78, 5) is -0.0104. The van der Waals surface area contributed by atoms with E-state index in [9.17, 15) is 13.5 Å². The predicted molar refractivity (Wildman–Crippen MR) is 44.7 cm³/mol. The van der Waals surface area contributed by atoms with Crippen molar-refractivity contribution in [1.82, 2.24) is 0 Å². The Kier molecular flexibility index (Phi) is 2.30. The minimum atomic E-state index is -3.32. The zero-order valence-corrected chi connectivity index (χ0v) is 7.82. The van der Waals surface area contributed by atoms with Crippen molar-refractivity contribution in [2.45, 2.75) is 4.90 Å². The molecule has 0 fully saturated rings. The fraction of sp³-hybridized carbons (Fsp3) is 0.143. The first-order valence-electron chi connectivity index (χ1n) is 3.08. The topological polar surface area (TPSA) is 54.0 Å². The summed E-state index contributed by atoms with van der Waals surface area (Å²) >= 11 is 5.53. The first kappa shape index (κ1) is 9.35. The SMILES string of the molecule is CS(=O)(=O)c1ccc([O])cc1Cl. The van der Waals surface area contributed by atoms with E-state index in [4.69, 9.17) is 11.6 Å². The Balaban J connectivity index is 3.39. The van der Waals surface area contributed by atoms with Crippen LogP contribution in [0.5, 0.6) is 5.75 Å². The average molecular weight is 206 g/mol. The summed E-state index contributed by atoms with van der Waals surface area (Å²) in [5, 5.41) is 10.7. The molecule has 0 aromatic heterocycles. The molecule has 0 saturated carbocycles. The fourth-order valence-electron chi connectivity index (χ4n) is 0.782. The quantitative estimate of drug-likeness (QED) is 0.703. The summed E-state index contributed by atoms with van der Waals surface area (Å²) < 4.78 is 22.0. The zero-order chi connectivity index (χ0) is 9.35. The summed E-state index contributed by atoms with van der Waals surface area (Å²) in [6.07, 6.45) is 1.04. The van der Waals surface area contributed by atoms with Gasteiger partial charge in [0.25, 0.3) is 0 Å². The summed E-state index contributed by atoms with van der Waals surface area (Å²) in [5.74, 6) is -0.299. The number of hydrogen-bond acceptors (Lipinski definition) is 2. The average Bonchev–Trinajstić information content (AvgIpc) is 1.83. The molecule has 0 amide bonds. The van der Waals surface area contributed by atoms with Crippen molar-refractivity contribution in [2.75, 3.05) is 6.26 Å². The molecule has 0 aliphatic rings. The standard InChI is InChI=1S/C7H6ClO3S/c1-12(10,11)7-3-2-5(9)4-6(7)8/h2-4H,1H3. The van der Waals surface area contributed by atoms with E-state index < -0.39 is 9.84 Å². The number of rotatable bonds is 1. The molecule has 0 aliphatic carbocycles. The van der Waals surface area contributed by atoms with Crippen LogP contribution in [0.2, 0.25) is 5.02 Å². The molecule has 5 heteroatoms. The van der Waals surface area contributed by atoms with Gasteiger partial charge in [0.15, 0.2) is 15.6 Å². The lowest BCUT2D eigenvalue weighted by Crippen LogP contribution is -1.97. The Labute approximate surface area is 75.5 Å². The molecule has 65 valence electrons. The maximum atomic E-state index is 11.0. The minimum absolute atomic E-state index is 0.0104. The van der Waals surface area contributed by atoms with Crippen molar-refractivity contribution in [3.63, 3.8) is 0 Å². The highest BCUT2D eigenvalue weighted by Crippen LogP contribution is 2.25. The van der Waals surface area contributed by atoms with Gasteiger partial charge in [0.05, 0.1) is 9.92 Å². The third-order valence-corrected chi connectivity index (χ3v) is 2.88. The van der Waals surface area contributed by atoms with Crippen LogP contribution in [0.3, 0.4) is 0 Å². The molecule has 0 unspecified atom stereocenters. The van der Waals surface area contributed by atoms with Crippen LogP contribution < -0.4 is 0 Å². The summed E-state index contributed by atoms with van der Waals surface area (Å²) in [5.41, 5.74) is 0. The van der Waals surface area contributed by atoms with Crippen molar-refractivity contribution >= 4 is 21.4 Å². The van der Waals surface area contributed by atoms with Gasteiger partial charge in [0, 0.05) is 12.3 Å². The summed E-state index contributed by atoms with van der Waals surface area (Å²) in [6, 6.07) is 3.46. The Bertz CT molecular complexity index is 397. The Morgan fingerprint density at radius 1 is 1.33 bits per heavy atom. The Hall–Kier alpha value is -0.740. The van der Waals surface area contributed by atoms with Gasteiger partial charge in [-0.15, -0.1) is 0 Å². The third-order valence-electron chi connectivity index (χ3n) is 1.30. The number of benzene rings is 1. The van der Waals surface area contributed by atoms with Crippen molar-refractivity contribution < 1.29 is 13.5 Å². The van der Waals surface area contributed by atoms with Gasteiger partial charge < -0.3 is 0 Å². The van der Waals surface area contributed by atoms with Crippen molar-refractivity contribution in [2.24, 2.45) is 0 Å². The van der Waals surface area contributed by atoms with Gasteiger partial charge in [-0.05, 0) is 12.1 Å². The van der Waals surface area contributed by atoms with Gasteiger partial charge in [-0.25, -0.2) is 8.42 Å². The maximum Gasteiger partial charge on any atom is 0.180 e. The molecule has 12 heavy (non-hydrogen) atoms. The molecule has 0 heterocycles. The molecule has 1 radical (unpaired) electrons. The second kappa shape index (κ2) is 2.95. The molecule has 3 nitrogen and oxygen atoms in total. The molecule has 0 saturated heterocycles. The molecule has 0 N–H and O–H groups in total. The van der Waals surface area contributed by atoms with Crippen molar-refractivity contribution in [1.29, 1.82) is 0 Å². The second-order valence-corrected chi connectivity index (χ2v) is 4.76. The highest BCUT2D eigenvalue weighted by molar-refractivity contribution is 7.90. The number of sulfone groups is 1. The molecular weight excluding hydrogens is 200 g/mol. The largest absolute Gasteiger partial charge is 0.290 e. The number of halogens is 1. The van der Waals surface area contributed by atoms with E-state index in [0.717, 1.165) is 12.3 Å². The van der Waals surface area contributed by atoms with E-state index in [0.29, 0.717) is 0 Å². The van der Waals surface area contributed by atoms with Gasteiger partial charge in [-0.1, -0.05) is 11.6 Å². The number of hydrogen-bond donors (Lipinski definition) is 0. The van der Waals surface area contributed by atoms with Crippen LogP contribution in [-0.2, 0) is 14.9 Å². The van der Waals surface area contributed by atoms with Crippen molar-refractivity contribution in [3.8, 4) is 5.75 Å². The molecule has 1 aromatic carbocycles. The van der Waals surface area contributed by atoms with E-state index in [1.54, 1.807) is 0 Å². The van der Waals surface area contributed by atoms with Gasteiger partial charge in [-0.3, -0.25) is 5.11 Å². The maximum absolute atomic E-state index is 11.0. The Morgan fingerprint density at radius 2 is 1.92 bits per heavy atom. The van der Waals surface area contributed by atoms with Crippen molar-refractivity contribution in [3.05, 3.63) is 23.2 Å². The lowest BCUT2D eigenvalue weighted by atomic mass is 10.3. The van der Waals surface area contributed by atoms with Crippen LogP contribution >= 0.6 is 11.6 Å². The minimum Gasteiger partial charge on any atom is -0.290 e. The molecule has 0 bridgehead atoms. The van der Waals surface area contributed by atoms with E-state index in [-0.39, 0.29) is 15.7 Å². The Morgan fingerprint density at radius 3 is 2.33 bits per heavy atom. The highest BCUT2D eigenvalue weighted by Gasteiger charge is 2.12.